The predicted octanol–water partition coefficient (Wildman–Crippen LogP) is 2.55. The van der Waals surface area contributed by atoms with E-state index in [1.165, 1.54) is 4.31 Å². The lowest BCUT2D eigenvalue weighted by atomic mass is 10.1. The monoisotopic (exact) mass is 444 g/mol. The highest BCUT2D eigenvalue weighted by molar-refractivity contribution is 9.10. The first-order chi connectivity index (χ1) is 12.4. The number of morpholine rings is 1. The van der Waals surface area contributed by atoms with Gasteiger partial charge < -0.3 is 9.64 Å². The van der Waals surface area contributed by atoms with Gasteiger partial charge in [0.05, 0.1) is 18.9 Å². The molecular weight excluding hydrogens is 420 g/mol. The van der Waals surface area contributed by atoms with Crippen molar-refractivity contribution in [3.63, 3.8) is 0 Å². The van der Waals surface area contributed by atoms with Gasteiger partial charge in [-0.1, -0.05) is 35.0 Å². The van der Waals surface area contributed by atoms with Crippen molar-refractivity contribution in [3.8, 4) is 0 Å². The van der Waals surface area contributed by atoms with Crippen LogP contribution in [0.25, 0.3) is 0 Å². The second-order valence-corrected chi connectivity index (χ2v) is 9.74. The van der Waals surface area contributed by atoms with Crippen molar-refractivity contribution in [1.82, 2.24) is 9.21 Å². The minimum Gasteiger partial charge on any atom is -0.370 e. The smallest absolute Gasteiger partial charge is 0.241 e. The average molecular weight is 445 g/mol. The Kier molecular flexibility index (Phi) is 6.37. The zero-order chi connectivity index (χ0) is 18.7. The molecule has 1 amide bonds. The topological polar surface area (TPSA) is 66.9 Å². The lowest BCUT2D eigenvalue weighted by Crippen LogP contribution is -2.51. The molecule has 0 bridgehead atoms. The van der Waals surface area contributed by atoms with Gasteiger partial charge in [-0.25, -0.2) is 8.42 Å². The third kappa shape index (κ3) is 4.30. The van der Waals surface area contributed by atoms with Crippen LogP contribution < -0.4 is 0 Å². The van der Waals surface area contributed by atoms with Gasteiger partial charge in [-0.05, 0) is 37.0 Å². The first kappa shape index (κ1) is 19.8. The van der Waals surface area contributed by atoms with Gasteiger partial charge in [0.1, 0.15) is 12.1 Å². The van der Waals surface area contributed by atoms with E-state index in [1.54, 1.807) is 4.90 Å². The van der Waals surface area contributed by atoms with Crippen LogP contribution in [0.15, 0.2) is 28.7 Å². The molecule has 2 atom stereocenters. The number of amides is 1. The number of halogens is 1. The molecule has 6 nitrogen and oxygen atoms in total. The standard InChI is InChI=1S/C18H25BrN2O4S/c1-2-12-26(23,24)21-9-3-4-16(21)18(22)20-10-11-25-17(13-20)14-5-7-15(19)8-6-14/h5-8,16-17H,2-4,9-13H2,1H3. The van der Waals surface area contributed by atoms with Crippen LogP contribution in [-0.2, 0) is 19.6 Å². The third-order valence-electron chi connectivity index (χ3n) is 4.93. The van der Waals surface area contributed by atoms with Gasteiger partial charge in [-0.2, -0.15) is 4.31 Å². The summed E-state index contributed by atoms with van der Waals surface area (Å²) < 4.78 is 33.2. The van der Waals surface area contributed by atoms with Crippen LogP contribution in [0.5, 0.6) is 0 Å². The fourth-order valence-electron chi connectivity index (χ4n) is 3.63. The highest BCUT2D eigenvalue weighted by Crippen LogP contribution is 2.28. The van der Waals surface area contributed by atoms with Crippen LogP contribution in [0.4, 0.5) is 0 Å². The molecule has 2 fully saturated rings. The Hall–Kier alpha value is -0.960. The number of nitrogens with zero attached hydrogens (tertiary/aromatic N) is 2. The van der Waals surface area contributed by atoms with Gasteiger partial charge >= 0.3 is 0 Å². The first-order valence-electron chi connectivity index (χ1n) is 9.07. The number of hydrogen-bond acceptors (Lipinski definition) is 4. The molecule has 0 N–H and O–H groups in total. The van der Waals surface area contributed by atoms with Crippen LogP contribution >= 0.6 is 15.9 Å². The normalized spacial score (nSPS) is 24.8. The highest BCUT2D eigenvalue weighted by Gasteiger charge is 2.41. The van der Waals surface area contributed by atoms with Crippen LogP contribution in [-0.4, -0.2) is 61.6 Å². The van der Waals surface area contributed by atoms with E-state index in [1.807, 2.05) is 31.2 Å². The molecule has 144 valence electrons. The Bertz CT molecular complexity index is 738. The Labute approximate surface area is 163 Å². The molecule has 2 heterocycles. The molecule has 0 saturated carbocycles. The molecule has 2 aliphatic heterocycles. The van der Waals surface area contributed by atoms with E-state index in [2.05, 4.69) is 15.9 Å². The number of carbonyl (C=O) groups excluding carboxylic acids is 1. The van der Waals surface area contributed by atoms with Crippen molar-refractivity contribution >= 4 is 31.9 Å². The fourth-order valence-corrected chi connectivity index (χ4v) is 5.64. The van der Waals surface area contributed by atoms with Crippen molar-refractivity contribution in [2.45, 2.75) is 38.3 Å². The van der Waals surface area contributed by atoms with Gasteiger partial charge in [0.2, 0.25) is 15.9 Å². The van der Waals surface area contributed by atoms with E-state index in [-0.39, 0.29) is 17.8 Å². The summed E-state index contributed by atoms with van der Waals surface area (Å²) in [5, 5.41) is 0. The van der Waals surface area contributed by atoms with Gasteiger partial charge in [-0.15, -0.1) is 0 Å². The molecule has 2 aliphatic rings. The fraction of sp³-hybridized carbons (Fsp3) is 0.611. The SMILES string of the molecule is CCCS(=O)(=O)N1CCCC1C(=O)N1CCOC(c2ccc(Br)cc2)C1. The van der Waals surface area contributed by atoms with Crippen molar-refractivity contribution in [1.29, 1.82) is 0 Å². The number of hydrogen-bond donors (Lipinski definition) is 0. The van der Waals surface area contributed by atoms with Crippen molar-refractivity contribution in [2.24, 2.45) is 0 Å². The van der Waals surface area contributed by atoms with Gasteiger partial charge in [-0.3, -0.25) is 4.79 Å². The molecule has 2 unspecified atom stereocenters. The predicted molar refractivity (Wildman–Crippen MR) is 103 cm³/mol. The zero-order valence-corrected chi connectivity index (χ0v) is 17.3. The zero-order valence-electron chi connectivity index (χ0n) is 14.9. The van der Waals surface area contributed by atoms with Gasteiger partial charge in [0.25, 0.3) is 0 Å². The van der Waals surface area contributed by atoms with Crippen LogP contribution in [0.1, 0.15) is 37.9 Å². The van der Waals surface area contributed by atoms with Crippen LogP contribution in [0, 0.1) is 0 Å². The maximum Gasteiger partial charge on any atom is 0.241 e. The van der Waals surface area contributed by atoms with E-state index in [4.69, 9.17) is 4.74 Å². The molecular formula is C18H25BrN2O4S. The van der Waals surface area contributed by atoms with E-state index >= 15 is 0 Å². The Morgan fingerprint density at radius 2 is 2.00 bits per heavy atom. The lowest BCUT2D eigenvalue weighted by Gasteiger charge is -2.36. The molecule has 3 rings (SSSR count). The summed E-state index contributed by atoms with van der Waals surface area (Å²) in [6.45, 7) is 3.71. The third-order valence-corrected chi connectivity index (χ3v) is 7.53. The molecule has 0 aromatic heterocycles. The summed E-state index contributed by atoms with van der Waals surface area (Å²) in [4.78, 5) is 14.8. The van der Waals surface area contributed by atoms with Crippen LogP contribution in [0.3, 0.4) is 0 Å². The summed E-state index contributed by atoms with van der Waals surface area (Å²) in [7, 11) is -3.36. The first-order valence-corrected chi connectivity index (χ1v) is 11.5. The summed E-state index contributed by atoms with van der Waals surface area (Å²) >= 11 is 3.42. The minimum absolute atomic E-state index is 0.0902. The van der Waals surface area contributed by atoms with Crippen molar-refractivity contribution < 1.29 is 17.9 Å². The summed E-state index contributed by atoms with van der Waals surface area (Å²) in [5.41, 5.74) is 1.02. The molecule has 0 spiro atoms. The maximum absolute atomic E-state index is 13.0. The van der Waals surface area contributed by atoms with E-state index in [0.717, 1.165) is 16.5 Å². The lowest BCUT2D eigenvalue weighted by molar-refractivity contribution is -0.142. The molecule has 2 saturated heterocycles. The van der Waals surface area contributed by atoms with E-state index in [9.17, 15) is 13.2 Å². The molecule has 1 aromatic rings. The second-order valence-electron chi connectivity index (χ2n) is 6.78. The largest absolute Gasteiger partial charge is 0.370 e. The highest BCUT2D eigenvalue weighted by atomic mass is 79.9. The molecule has 26 heavy (non-hydrogen) atoms. The number of benzene rings is 1. The van der Waals surface area contributed by atoms with Crippen molar-refractivity contribution in [2.75, 3.05) is 32.0 Å². The summed E-state index contributed by atoms with van der Waals surface area (Å²) in [5.74, 6) is 0.00843. The summed E-state index contributed by atoms with van der Waals surface area (Å²) in [6.07, 6.45) is 1.72. The number of rotatable bonds is 5. The van der Waals surface area contributed by atoms with E-state index in [0.29, 0.717) is 39.1 Å². The molecule has 0 radical (unpaired) electrons. The number of ether oxygens (including phenoxy) is 1. The van der Waals surface area contributed by atoms with E-state index < -0.39 is 16.1 Å². The van der Waals surface area contributed by atoms with Crippen molar-refractivity contribution in [3.05, 3.63) is 34.3 Å². The second kappa shape index (κ2) is 8.37. The molecule has 1 aromatic carbocycles. The number of carbonyl (C=O) groups is 1. The Morgan fingerprint density at radius 1 is 1.27 bits per heavy atom. The quantitative estimate of drug-likeness (QED) is 0.699. The Morgan fingerprint density at radius 3 is 2.69 bits per heavy atom. The van der Waals surface area contributed by atoms with Crippen LogP contribution in [0.2, 0.25) is 0 Å². The molecule has 8 heteroatoms. The maximum atomic E-state index is 13.0. The molecule has 0 aliphatic carbocycles. The van der Waals surface area contributed by atoms with Gasteiger partial charge in [0.15, 0.2) is 0 Å². The van der Waals surface area contributed by atoms with Gasteiger partial charge in [0, 0.05) is 17.6 Å². The minimum atomic E-state index is -3.36. The number of sulfonamides is 1. The summed E-state index contributed by atoms with van der Waals surface area (Å²) in [6, 6.07) is 7.31. The average Bonchev–Trinajstić information content (AvgIpc) is 3.12. The Balaban J connectivity index is 1.71.